The predicted molar refractivity (Wildman–Crippen MR) is 73.4 cm³/mol. The third-order valence-electron chi connectivity index (χ3n) is 2.58. The van der Waals surface area contributed by atoms with Gasteiger partial charge in [-0.05, 0) is 37.6 Å². The van der Waals surface area contributed by atoms with Crippen molar-refractivity contribution in [2.45, 2.75) is 25.8 Å². The molecule has 7 heteroatoms. The molecule has 0 aliphatic carbocycles. The van der Waals surface area contributed by atoms with Gasteiger partial charge in [0.05, 0.1) is 0 Å². The molecule has 108 valence electrons. The molecule has 20 heavy (non-hydrogen) atoms. The minimum Gasteiger partial charge on any atom is -0.481 e. The zero-order valence-electron chi connectivity index (χ0n) is 11.1. The maximum Gasteiger partial charge on any atom is 0.316 e. The van der Waals surface area contributed by atoms with E-state index < -0.39 is 12.0 Å². The number of nitrogens with two attached hydrogens (primary N) is 1. The lowest BCUT2D eigenvalue weighted by atomic mass is 10.1. The summed E-state index contributed by atoms with van der Waals surface area (Å²) >= 11 is 0. The van der Waals surface area contributed by atoms with Crippen molar-refractivity contribution in [1.29, 1.82) is 0 Å². The van der Waals surface area contributed by atoms with E-state index >= 15 is 0 Å². The van der Waals surface area contributed by atoms with Crippen molar-refractivity contribution < 1.29 is 19.5 Å². The van der Waals surface area contributed by atoms with Gasteiger partial charge in [-0.15, -0.1) is 0 Å². The van der Waals surface area contributed by atoms with E-state index in [1.54, 1.807) is 31.2 Å². The molecule has 1 unspecified atom stereocenters. The van der Waals surface area contributed by atoms with E-state index in [1.165, 1.54) is 0 Å². The summed E-state index contributed by atoms with van der Waals surface area (Å²) in [5, 5.41) is 13.6. The second-order valence-electron chi connectivity index (χ2n) is 4.37. The molecule has 0 saturated heterocycles. The number of carbonyl (C=O) groups is 3. The van der Waals surface area contributed by atoms with E-state index in [9.17, 15) is 14.4 Å². The Morgan fingerprint density at radius 3 is 2.35 bits per heavy atom. The molecule has 0 aromatic heterocycles. The number of carbonyl (C=O) groups excluding carboxylic acids is 2. The quantitative estimate of drug-likeness (QED) is 0.624. The van der Waals surface area contributed by atoms with Crippen LogP contribution in [0.5, 0.6) is 0 Å². The van der Waals surface area contributed by atoms with E-state index in [0.717, 1.165) is 0 Å². The Morgan fingerprint density at radius 1 is 1.25 bits per heavy atom. The number of rotatable bonds is 6. The van der Waals surface area contributed by atoms with Crippen LogP contribution in [0.15, 0.2) is 24.3 Å². The van der Waals surface area contributed by atoms with Crippen LogP contribution in [0.3, 0.4) is 0 Å². The van der Waals surface area contributed by atoms with Crippen LogP contribution in [-0.4, -0.2) is 29.1 Å². The van der Waals surface area contributed by atoms with Crippen molar-refractivity contribution in [3.63, 3.8) is 0 Å². The summed E-state index contributed by atoms with van der Waals surface area (Å²) in [5.41, 5.74) is 5.88. The Morgan fingerprint density at radius 2 is 1.85 bits per heavy atom. The van der Waals surface area contributed by atoms with E-state index in [4.69, 9.17) is 10.8 Å². The number of benzene rings is 1. The number of amides is 3. The van der Waals surface area contributed by atoms with Crippen LogP contribution in [0, 0.1) is 0 Å². The first-order valence-corrected chi connectivity index (χ1v) is 6.07. The number of hydrogen-bond donors (Lipinski definition) is 4. The molecule has 1 aromatic rings. The standard InChI is InChI=1S/C13H17N3O4/c1-8(2-7-11(17)18)15-12(19)9-3-5-10(6-4-9)16-13(14)20/h3-6,8H,2,7H2,1H3,(H,15,19)(H,17,18)(H3,14,16,20). The van der Waals surface area contributed by atoms with Crippen molar-refractivity contribution in [3.8, 4) is 0 Å². The molecule has 3 amide bonds. The van der Waals surface area contributed by atoms with Gasteiger partial charge >= 0.3 is 12.0 Å². The second-order valence-corrected chi connectivity index (χ2v) is 4.37. The van der Waals surface area contributed by atoms with Gasteiger partial charge in [-0.25, -0.2) is 4.79 Å². The topological polar surface area (TPSA) is 122 Å². The Kier molecular flexibility index (Phi) is 5.52. The van der Waals surface area contributed by atoms with Gasteiger partial charge in [0, 0.05) is 23.7 Å². The summed E-state index contributed by atoms with van der Waals surface area (Å²) in [7, 11) is 0. The summed E-state index contributed by atoms with van der Waals surface area (Å²) in [6, 6.07) is 5.30. The van der Waals surface area contributed by atoms with Gasteiger partial charge < -0.3 is 21.5 Å². The highest BCUT2D eigenvalue weighted by molar-refractivity contribution is 5.95. The van der Waals surface area contributed by atoms with Crippen LogP contribution in [0.2, 0.25) is 0 Å². The Labute approximate surface area is 116 Å². The molecule has 0 aliphatic heterocycles. The maximum absolute atomic E-state index is 11.9. The van der Waals surface area contributed by atoms with Crippen LogP contribution in [0.25, 0.3) is 0 Å². The molecule has 0 bridgehead atoms. The van der Waals surface area contributed by atoms with Gasteiger partial charge in [0.1, 0.15) is 0 Å². The lowest BCUT2D eigenvalue weighted by molar-refractivity contribution is -0.137. The van der Waals surface area contributed by atoms with Crippen LogP contribution < -0.4 is 16.4 Å². The maximum atomic E-state index is 11.9. The number of carboxylic acid groups (broad SMARTS) is 1. The molecule has 1 rings (SSSR count). The number of primary amides is 1. The average Bonchev–Trinajstić information content (AvgIpc) is 2.36. The molecule has 7 nitrogen and oxygen atoms in total. The van der Waals surface area contributed by atoms with E-state index in [1.807, 2.05) is 0 Å². The molecule has 0 aliphatic rings. The number of anilines is 1. The first-order chi connectivity index (χ1) is 9.38. The summed E-state index contributed by atoms with van der Waals surface area (Å²) in [5.74, 6) is -1.19. The van der Waals surface area contributed by atoms with Crippen LogP contribution in [0.4, 0.5) is 10.5 Å². The second kappa shape index (κ2) is 7.13. The Balaban J connectivity index is 2.54. The van der Waals surface area contributed by atoms with Gasteiger partial charge in [-0.2, -0.15) is 0 Å². The Hall–Kier alpha value is -2.57. The molecular weight excluding hydrogens is 262 g/mol. The van der Waals surface area contributed by atoms with Gasteiger partial charge in [-0.1, -0.05) is 0 Å². The zero-order chi connectivity index (χ0) is 15.1. The SMILES string of the molecule is CC(CCC(=O)O)NC(=O)c1ccc(NC(N)=O)cc1. The van der Waals surface area contributed by atoms with Crippen molar-refractivity contribution in [2.75, 3.05) is 5.32 Å². The molecule has 0 heterocycles. The van der Waals surface area contributed by atoms with Crippen molar-refractivity contribution in [2.24, 2.45) is 5.73 Å². The molecule has 1 atom stereocenters. The minimum atomic E-state index is -0.895. The molecule has 0 fully saturated rings. The third kappa shape index (κ3) is 5.38. The molecule has 0 radical (unpaired) electrons. The monoisotopic (exact) mass is 279 g/mol. The predicted octanol–water partition coefficient (Wildman–Crippen LogP) is 1.16. The van der Waals surface area contributed by atoms with Crippen LogP contribution in [-0.2, 0) is 4.79 Å². The minimum absolute atomic E-state index is 0.00289. The molecule has 0 spiro atoms. The average molecular weight is 279 g/mol. The Bertz CT molecular complexity index is 499. The van der Waals surface area contributed by atoms with E-state index in [0.29, 0.717) is 17.7 Å². The number of aliphatic carboxylic acids is 1. The van der Waals surface area contributed by atoms with Gasteiger partial charge in [-0.3, -0.25) is 9.59 Å². The normalized spacial score (nSPS) is 11.4. The first-order valence-electron chi connectivity index (χ1n) is 6.07. The molecule has 5 N–H and O–H groups in total. The number of nitrogens with one attached hydrogen (secondary N) is 2. The number of carboxylic acids is 1. The highest BCUT2D eigenvalue weighted by Crippen LogP contribution is 2.09. The fourth-order valence-corrected chi connectivity index (χ4v) is 1.57. The highest BCUT2D eigenvalue weighted by atomic mass is 16.4. The largest absolute Gasteiger partial charge is 0.481 e. The molecule has 0 saturated carbocycles. The van der Waals surface area contributed by atoms with E-state index in [-0.39, 0.29) is 18.4 Å². The van der Waals surface area contributed by atoms with Crippen molar-refractivity contribution in [1.82, 2.24) is 5.32 Å². The van der Waals surface area contributed by atoms with Gasteiger partial charge in [0.25, 0.3) is 5.91 Å². The number of urea groups is 1. The van der Waals surface area contributed by atoms with Crippen LogP contribution >= 0.6 is 0 Å². The lowest BCUT2D eigenvalue weighted by Gasteiger charge is -2.13. The summed E-state index contributed by atoms with van der Waals surface area (Å²) in [6.07, 6.45) is 0.366. The fourth-order valence-electron chi connectivity index (χ4n) is 1.57. The van der Waals surface area contributed by atoms with Crippen molar-refractivity contribution in [3.05, 3.63) is 29.8 Å². The lowest BCUT2D eigenvalue weighted by Crippen LogP contribution is -2.32. The highest BCUT2D eigenvalue weighted by Gasteiger charge is 2.11. The zero-order valence-corrected chi connectivity index (χ0v) is 11.1. The van der Waals surface area contributed by atoms with Gasteiger partial charge in [0.2, 0.25) is 0 Å². The number of hydrogen-bond acceptors (Lipinski definition) is 3. The molecule has 1 aromatic carbocycles. The summed E-state index contributed by atoms with van der Waals surface area (Å²) < 4.78 is 0. The first kappa shape index (κ1) is 15.5. The smallest absolute Gasteiger partial charge is 0.316 e. The third-order valence-corrected chi connectivity index (χ3v) is 2.58. The summed E-state index contributed by atoms with van der Waals surface area (Å²) in [4.78, 5) is 32.9. The van der Waals surface area contributed by atoms with Gasteiger partial charge in [0.15, 0.2) is 0 Å². The summed E-state index contributed by atoms with van der Waals surface area (Å²) in [6.45, 7) is 1.74. The molecular formula is C13H17N3O4. The van der Waals surface area contributed by atoms with Crippen LogP contribution in [0.1, 0.15) is 30.1 Å². The van der Waals surface area contributed by atoms with E-state index in [2.05, 4.69) is 10.6 Å². The van der Waals surface area contributed by atoms with Crippen molar-refractivity contribution >= 4 is 23.6 Å². The fraction of sp³-hybridized carbons (Fsp3) is 0.308.